The van der Waals surface area contributed by atoms with Gasteiger partial charge in [0.25, 0.3) is 0 Å². The first kappa shape index (κ1) is 7.11. The average Bonchev–Trinajstić information content (AvgIpc) is 1.90. The highest BCUT2D eigenvalue weighted by Gasteiger charge is 2.39. The zero-order valence-electron chi connectivity index (χ0n) is 7.20. The molecule has 3 atom stereocenters. The molecule has 0 aromatic heterocycles. The van der Waals surface area contributed by atoms with Crippen LogP contribution < -0.4 is 0 Å². The summed E-state index contributed by atoms with van der Waals surface area (Å²) >= 11 is 0. The van der Waals surface area contributed by atoms with Gasteiger partial charge in [-0.3, -0.25) is 0 Å². The topological polar surface area (TPSA) is 3.24 Å². The van der Waals surface area contributed by atoms with Crippen molar-refractivity contribution in [2.75, 3.05) is 14.1 Å². The molecule has 0 bridgehead atoms. The molecule has 1 fully saturated rings. The van der Waals surface area contributed by atoms with E-state index in [0.717, 1.165) is 17.9 Å². The summed E-state index contributed by atoms with van der Waals surface area (Å²) in [5.41, 5.74) is 0. The highest BCUT2D eigenvalue weighted by atomic mass is 15.1. The molecule has 3 unspecified atom stereocenters. The molecule has 1 heteroatoms. The summed E-state index contributed by atoms with van der Waals surface area (Å²) in [6.07, 6.45) is 10.4. The Morgan fingerprint density at radius 1 is 1.18 bits per heavy atom. The van der Waals surface area contributed by atoms with Crippen LogP contribution in [0.1, 0.15) is 6.42 Å². The Morgan fingerprint density at radius 2 is 1.91 bits per heavy atom. The Hall–Kier alpha value is -0.560. The van der Waals surface area contributed by atoms with Crippen LogP contribution in [0.15, 0.2) is 24.3 Å². The van der Waals surface area contributed by atoms with Gasteiger partial charge < -0.3 is 4.90 Å². The van der Waals surface area contributed by atoms with Crippen LogP contribution in [0.4, 0.5) is 0 Å². The lowest BCUT2D eigenvalue weighted by Crippen LogP contribution is -2.48. The molecule has 0 aromatic carbocycles. The molecule has 2 rings (SSSR count). The Bertz CT molecular complexity index is 203. The van der Waals surface area contributed by atoms with Crippen LogP contribution >= 0.6 is 0 Å². The molecular formula is C10H15N. The van der Waals surface area contributed by atoms with Crippen LogP contribution in [-0.2, 0) is 0 Å². The first-order chi connectivity index (χ1) is 5.29. The molecule has 0 amide bonds. The third-order valence-corrected chi connectivity index (χ3v) is 2.92. The van der Waals surface area contributed by atoms with Crippen LogP contribution in [0, 0.1) is 11.8 Å². The van der Waals surface area contributed by atoms with E-state index in [1.807, 2.05) is 0 Å². The van der Waals surface area contributed by atoms with Crippen LogP contribution in [0.5, 0.6) is 0 Å². The van der Waals surface area contributed by atoms with Crippen molar-refractivity contribution < 1.29 is 0 Å². The summed E-state index contributed by atoms with van der Waals surface area (Å²) < 4.78 is 0. The second kappa shape index (κ2) is 2.49. The van der Waals surface area contributed by atoms with Gasteiger partial charge in [-0.25, -0.2) is 0 Å². The molecule has 11 heavy (non-hydrogen) atoms. The normalized spacial score (nSPS) is 40.5. The summed E-state index contributed by atoms with van der Waals surface area (Å²) in [6, 6.07) is 0.793. The molecule has 2 aliphatic carbocycles. The maximum absolute atomic E-state index is 2.35. The van der Waals surface area contributed by atoms with Gasteiger partial charge in [-0.15, -0.1) is 0 Å². The van der Waals surface area contributed by atoms with Gasteiger partial charge in [0.1, 0.15) is 0 Å². The molecule has 0 radical (unpaired) electrons. The fraction of sp³-hybridized carbons (Fsp3) is 0.600. The zero-order valence-corrected chi connectivity index (χ0v) is 7.20. The van der Waals surface area contributed by atoms with Crippen LogP contribution in [-0.4, -0.2) is 25.0 Å². The van der Waals surface area contributed by atoms with E-state index in [1.54, 1.807) is 0 Å². The standard InChI is InChI=1S/C10H15N/c1-11(2)10-7-8-5-3-4-6-9(8)10/h3-6,8-10H,7H2,1-2H3. The Kier molecular flexibility index (Phi) is 1.61. The smallest absolute Gasteiger partial charge is 0.0164 e. The third-order valence-electron chi connectivity index (χ3n) is 2.92. The van der Waals surface area contributed by atoms with Crippen molar-refractivity contribution in [3.05, 3.63) is 24.3 Å². The number of hydrogen-bond donors (Lipinski definition) is 0. The van der Waals surface area contributed by atoms with Crippen molar-refractivity contribution in [2.45, 2.75) is 12.5 Å². The maximum Gasteiger partial charge on any atom is 0.0164 e. The predicted molar refractivity (Wildman–Crippen MR) is 47.4 cm³/mol. The number of rotatable bonds is 1. The van der Waals surface area contributed by atoms with E-state index in [9.17, 15) is 0 Å². The van der Waals surface area contributed by atoms with Crippen molar-refractivity contribution in [1.82, 2.24) is 4.90 Å². The lowest BCUT2D eigenvalue weighted by molar-refractivity contribution is 0.0919. The minimum Gasteiger partial charge on any atom is -0.306 e. The minimum absolute atomic E-state index is 0.793. The van der Waals surface area contributed by atoms with E-state index in [2.05, 4.69) is 43.3 Å². The first-order valence-corrected chi connectivity index (χ1v) is 4.30. The second-order valence-electron chi connectivity index (χ2n) is 3.78. The largest absolute Gasteiger partial charge is 0.306 e. The Balaban J connectivity index is 2.04. The monoisotopic (exact) mass is 149 g/mol. The summed E-state index contributed by atoms with van der Waals surface area (Å²) in [6.45, 7) is 0. The summed E-state index contributed by atoms with van der Waals surface area (Å²) in [4.78, 5) is 2.34. The van der Waals surface area contributed by atoms with Gasteiger partial charge in [-0.1, -0.05) is 24.3 Å². The fourth-order valence-electron chi connectivity index (χ4n) is 2.11. The number of fused-ring (bicyclic) bond motifs is 1. The molecule has 0 heterocycles. The van der Waals surface area contributed by atoms with Gasteiger partial charge in [0, 0.05) is 6.04 Å². The van der Waals surface area contributed by atoms with Crippen molar-refractivity contribution in [3.8, 4) is 0 Å². The summed E-state index contributed by atoms with van der Waals surface area (Å²) in [7, 11) is 4.35. The molecule has 1 saturated carbocycles. The quantitative estimate of drug-likeness (QED) is 0.548. The molecule has 0 N–H and O–H groups in total. The van der Waals surface area contributed by atoms with Gasteiger partial charge >= 0.3 is 0 Å². The minimum atomic E-state index is 0.793. The Labute approximate surface area is 68.4 Å². The van der Waals surface area contributed by atoms with Gasteiger partial charge in [-0.2, -0.15) is 0 Å². The van der Waals surface area contributed by atoms with Gasteiger partial charge in [0.2, 0.25) is 0 Å². The number of hydrogen-bond acceptors (Lipinski definition) is 1. The Morgan fingerprint density at radius 3 is 2.55 bits per heavy atom. The molecule has 0 saturated heterocycles. The summed E-state index contributed by atoms with van der Waals surface area (Å²) in [5.74, 6) is 1.64. The lowest BCUT2D eigenvalue weighted by atomic mass is 9.67. The molecular weight excluding hydrogens is 134 g/mol. The van der Waals surface area contributed by atoms with E-state index in [0.29, 0.717) is 0 Å². The lowest BCUT2D eigenvalue weighted by Gasteiger charge is -2.46. The van der Waals surface area contributed by atoms with Crippen LogP contribution in [0.2, 0.25) is 0 Å². The van der Waals surface area contributed by atoms with E-state index in [-0.39, 0.29) is 0 Å². The van der Waals surface area contributed by atoms with Crippen molar-refractivity contribution in [2.24, 2.45) is 11.8 Å². The third kappa shape index (κ3) is 1.04. The second-order valence-corrected chi connectivity index (χ2v) is 3.78. The highest BCUT2D eigenvalue weighted by molar-refractivity contribution is 5.21. The van der Waals surface area contributed by atoms with E-state index in [4.69, 9.17) is 0 Å². The van der Waals surface area contributed by atoms with Crippen LogP contribution in [0.3, 0.4) is 0 Å². The molecule has 2 aliphatic rings. The first-order valence-electron chi connectivity index (χ1n) is 4.30. The van der Waals surface area contributed by atoms with E-state index < -0.39 is 0 Å². The molecule has 1 nitrogen and oxygen atoms in total. The SMILES string of the molecule is CN(C)C1CC2C=CC=CC21. The highest BCUT2D eigenvalue weighted by Crippen LogP contribution is 2.40. The van der Waals surface area contributed by atoms with Crippen molar-refractivity contribution in [1.29, 1.82) is 0 Å². The maximum atomic E-state index is 2.35. The van der Waals surface area contributed by atoms with Gasteiger partial charge in [-0.05, 0) is 32.4 Å². The van der Waals surface area contributed by atoms with Crippen molar-refractivity contribution >= 4 is 0 Å². The number of nitrogens with zero attached hydrogens (tertiary/aromatic N) is 1. The number of allylic oxidation sites excluding steroid dienone is 3. The molecule has 0 aliphatic heterocycles. The van der Waals surface area contributed by atoms with Crippen LogP contribution in [0.25, 0.3) is 0 Å². The van der Waals surface area contributed by atoms with E-state index in [1.165, 1.54) is 6.42 Å². The zero-order chi connectivity index (χ0) is 7.84. The summed E-state index contributed by atoms with van der Waals surface area (Å²) in [5, 5.41) is 0. The predicted octanol–water partition coefficient (Wildman–Crippen LogP) is 1.68. The van der Waals surface area contributed by atoms with Gasteiger partial charge in [0.05, 0.1) is 0 Å². The molecule has 0 spiro atoms. The molecule has 0 aromatic rings. The van der Waals surface area contributed by atoms with Gasteiger partial charge in [0.15, 0.2) is 0 Å². The molecule has 60 valence electrons. The van der Waals surface area contributed by atoms with E-state index >= 15 is 0 Å². The van der Waals surface area contributed by atoms with Crippen molar-refractivity contribution in [3.63, 3.8) is 0 Å². The fourth-order valence-corrected chi connectivity index (χ4v) is 2.11. The average molecular weight is 149 g/mol.